The molecule has 1 heterocycles. The molecule has 0 aliphatic rings. The third kappa shape index (κ3) is 2.53. The van der Waals surface area contributed by atoms with E-state index >= 15 is 0 Å². The number of benzene rings is 1. The van der Waals surface area contributed by atoms with Gasteiger partial charge in [0, 0.05) is 0 Å². The predicted molar refractivity (Wildman–Crippen MR) is 77.6 cm³/mol. The predicted octanol–water partition coefficient (Wildman–Crippen LogP) is 3.58. The number of halogens is 1. The van der Waals surface area contributed by atoms with Crippen molar-refractivity contribution in [3.63, 3.8) is 0 Å². The second-order valence-corrected chi connectivity index (χ2v) is 5.35. The van der Waals surface area contributed by atoms with Gasteiger partial charge in [0.05, 0.1) is 20.3 Å². The minimum absolute atomic E-state index is 0.174. The van der Waals surface area contributed by atoms with Crippen molar-refractivity contribution in [3.05, 3.63) is 44.6 Å². The van der Waals surface area contributed by atoms with E-state index in [1.807, 2.05) is 29.0 Å². The van der Waals surface area contributed by atoms with E-state index in [-0.39, 0.29) is 6.04 Å². The van der Waals surface area contributed by atoms with Crippen molar-refractivity contribution in [2.45, 2.75) is 6.04 Å². The molecule has 0 spiro atoms. The first-order valence-electron chi connectivity index (χ1n) is 5.36. The second kappa shape index (κ2) is 5.73. The van der Waals surface area contributed by atoms with E-state index < -0.39 is 0 Å². The van der Waals surface area contributed by atoms with Crippen molar-refractivity contribution < 1.29 is 9.47 Å². The van der Waals surface area contributed by atoms with Crippen LogP contribution in [0.3, 0.4) is 0 Å². The van der Waals surface area contributed by atoms with Gasteiger partial charge in [-0.1, -0.05) is 0 Å². The molecule has 0 amide bonds. The summed E-state index contributed by atoms with van der Waals surface area (Å²) in [6.45, 7) is 0. The second-order valence-electron chi connectivity index (χ2n) is 3.77. The van der Waals surface area contributed by atoms with Crippen LogP contribution in [0.5, 0.6) is 11.5 Å². The Morgan fingerprint density at radius 3 is 2.22 bits per heavy atom. The van der Waals surface area contributed by atoms with Crippen LogP contribution in [-0.4, -0.2) is 14.2 Å². The highest BCUT2D eigenvalue weighted by atomic mass is 79.9. The lowest BCUT2D eigenvalue weighted by Gasteiger charge is -2.15. The Balaban J connectivity index is 2.45. The Labute approximate surface area is 119 Å². The van der Waals surface area contributed by atoms with Crippen molar-refractivity contribution in [1.29, 1.82) is 0 Å². The molecule has 3 nitrogen and oxygen atoms in total. The molecule has 0 unspecified atom stereocenters. The minimum Gasteiger partial charge on any atom is -0.495 e. The van der Waals surface area contributed by atoms with Crippen LogP contribution in [0.25, 0.3) is 0 Å². The third-order valence-electron chi connectivity index (χ3n) is 2.73. The van der Waals surface area contributed by atoms with Crippen LogP contribution in [0, 0.1) is 0 Å². The summed E-state index contributed by atoms with van der Waals surface area (Å²) in [5, 5.41) is 4.06. The number of ether oxygens (including phenoxy) is 2. The minimum atomic E-state index is -0.174. The first-order chi connectivity index (χ1) is 8.67. The molecule has 1 aromatic carbocycles. The maximum Gasteiger partial charge on any atom is 0.137 e. The fraction of sp³-hybridized carbons (Fsp3) is 0.231. The largest absolute Gasteiger partial charge is 0.495 e. The van der Waals surface area contributed by atoms with E-state index in [1.165, 1.54) is 0 Å². The summed E-state index contributed by atoms with van der Waals surface area (Å²) in [5.74, 6) is 1.44. The molecule has 2 rings (SSSR count). The van der Waals surface area contributed by atoms with Crippen LogP contribution in [0.4, 0.5) is 0 Å². The normalized spacial score (nSPS) is 12.2. The number of methoxy groups -OCH3 is 2. The Hall–Kier alpha value is -1.04. The molecule has 1 aromatic heterocycles. The van der Waals surface area contributed by atoms with Crippen LogP contribution >= 0.6 is 27.3 Å². The number of nitrogens with two attached hydrogens (primary N) is 1. The Morgan fingerprint density at radius 1 is 1.17 bits per heavy atom. The number of thiophene rings is 1. The van der Waals surface area contributed by atoms with E-state index in [2.05, 4.69) is 15.9 Å². The van der Waals surface area contributed by atoms with Gasteiger partial charge >= 0.3 is 0 Å². The van der Waals surface area contributed by atoms with Crippen LogP contribution in [0.15, 0.2) is 33.4 Å². The van der Waals surface area contributed by atoms with Crippen LogP contribution in [-0.2, 0) is 0 Å². The summed E-state index contributed by atoms with van der Waals surface area (Å²) in [4.78, 5) is 0. The molecule has 0 fully saturated rings. The molecule has 0 aliphatic heterocycles. The van der Waals surface area contributed by atoms with Gasteiger partial charge in [-0.3, -0.25) is 0 Å². The number of hydrogen-bond acceptors (Lipinski definition) is 4. The molecule has 2 N–H and O–H groups in total. The maximum atomic E-state index is 6.24. The van der Waals surface area contributed by atoms with Gasteiger partial charge in [0.15, 0.2) is 0 Å². The van der Waals surface area contributed by atoms with Gasteiger partial charge in [0.1, 0.15) is 16.0 Å². The molecule has 0 saturated carbocycles. The first-order valence-corrected chi connectivity index (χ1v) is 7.10. The van der Waals surface area contributed by atoms with Crippen LogP contribution in [0.2, 0.25) is 0 Å². The number of rotatable bonds is 4. The van der Waals surface area contributed by atoms with Crippen molar-refractivity contribution >= 4 is 27.3 Å². The third-order valence-corrected chi connectivity index (χ3v) is 4.21. The monoisotopic (exact) mass is 327 g/mol. The van der Waals surface area contributed by atoms with Crippen LogP contribution in [0.1, 0.15) is 17.2 Å². The van der Waals surface area contributed by atoms with Gasteiger partial charge in [-0.25, -0.2) is 0 Å². The summed E-state index contributed by atoms with van der Waals surface area (Å²) in [6, 6.07) is 5.70. The quantitative estimate of drug-likeness (QED) is 0.933. The van der Waals surface area contributed by atoms with Crippen molar-refractivity contribution in [3.8, 4) is 11.5 Å². The topological polar surface area (TPSA) is 44.5 Å². The summed E-state index contributed by atoms with van der Waals surface area (Å²) < 4.78 is 11.4. The van der Waals surface area contributed by atoms with Gasteiger partial charge in [0.2, 0.25) is 0 Å². The standard InChI is InChI=1S/C13H14BrNO2S/c1-16-10-5-9(6-11(17-2)12(10)14)13(15)8-3-4-18-7-8/h3-7,13H,15H2,1-2H3/t13-/m1/s1. The van der Waals surface area contributed by atoms with Gasteiger partial charge in [0.25, 0.3) is 0 Å². The van der Waals surface area contributed by atoms with Gasteiger partial charge in [-0.15, -0.1) is 0 Å². The van der Waals surface area contributed by atoms with Gasteiger partial charge in [-0.05, 0) is 56.0 Å². The zero-order chi connectivity index (χ0) is 13.1. The molecule has 96 valence electrons. The van der Waals surface area contributed by atoms with E-state index in [4.69, 9.17) is 15.2 Å². The molecule has 1 atom stereocenters. The average molecular weight is 328 g/mol. The molecule has 0 saturated heterocycles. The van der Waals surface area contributed by atoms with E-state index in [0.717, 1.165) is 27.1 Å². The molecule has 0 bridgehead atoms. The molecular formula is C13H14BrNO2S. The number of hydrogen-bond donors (Lipinski definition) is 1. The van der Waals surface area contributed by atoms with Crippen molar-refractivity contribution in [2.75, 3.05) is 14.2 Å². The van der Waals surface area contributed by atoms with E-state index in [0.29, 0.717) is 0 Å². The van der Waals surface area contributed by atoms with Gasteiger partial charge in [-0.2, -0.15) is 11.3 Å². The summed E-state index contributed by atoms with van der Waals surface area (Å²) in [7, 11) is 3.25. The first kappa shape index (κ1) is 13.4. The average Bonchev–Trinajstić information content (AvgIpc) is 2.92. The molecule has 0 radical (unpaired) electrons. The highest BCUT2D eigenvalue weighted by Gasteiger charge is 2.15. The Morgan fingerprint density at radius 2 is 1.78 bits per heavy atom. The Bertz CT molecular complexity index is 503. The lowest BCUT2D eigenvalue weighted by Crippen LogP contribution is -2.11. The summed E-state index contributed by atoms with van der Waals surface area (Å²) in [6.07, 6.45) is 0. The highest BCUT2D eigenvalue weighted by Crippen LogP contribution is 2.38. The zero-order valence-electron chi connectivity index (χ0n) is 10.1. The van der Waals surface area contributed by atoms with Crippen molar-refractivity contribution in [1.82, 2.24) is 0 Å². The molecule has 0 aliphatic carbocycles. The van der Waals surface area contributed by atoms with Crippen molar-refractivity contribution in [2.24, 2.45) is 5.73 Å². The molecule has 5 heteroatoms. The van der Waals surface area contributed by atoms with E-state index in [1.54, 1.807) is 25.6 Å². The summed E-state index contributed by atoms with van der Waals surface area (Å²) >= 11 is 5.08. The SMILES string of the molecule is COc1cc([C@H](N)c2ccsc2)cc(OC)c1Br. The smallest absolute Gasteiger partial charge is 0.137 e. The molecule has 2 aromatic rings. The highest BCUT2D eigenvalue weighted by molar-refractivity contribution is 9.10. The fourth-order valence-corrected chi connectivity index (χ4v) is 2.96. The maximum absolute atomic E-state index is 6.24. The van der Waals surface area contributed by atoms with Crippen LogP contribution < -0.4 is 15.2 Å². The lowest BCUT2D eigenvalue weighted by molar-refractivity contribution is 0.388. The fourth-order valence-electron chi connectivity index (χ4n) is 1.71. The molecule has 18 heavy (non-hydrogen) atoms. The molecular weight excluding hydrogens is 314 g/mol. The van der Waals surface area contributed by atoms with E-state index in [9.17, 15) is 0 Å². The Kier molecular flexibility index (Phi) is 4.27. The lowest BCUT2D eigenvalue weighted by atomic mass is 10.0. The zero-order valence-corrected chi connectivity index (χ0v) is 12.5. The van der Waals surface area contributed by atoms with Gasteiger partial charge < -0.3 is 15.2 Å². The summed E-state index contributed by atoms with van der Waals surface area (Å²) in [5.41, 5.74) is 8.29.